The van der Waals surface area contributed by atoms with Gasteiger partial charge in [0.25, 0.3) is 0 Å². The lowest BCUT2D eigenvalue weighted by Gasteiger charge is -2.26. The van der Waals surface area contributed by atoms with Crippen molar-refractivity contribution in [3.63, 3.8) is 0 Å². The number of ether oxygens (including phenoxy) is 10. The highest BCUT2D eigenvalue weighted by molar-refractivity contribution is 8.76. The average molecular weight is 1680 g/mol. The molecule has 37 nitrogen and oxygen atoms in total. The standard InChI is InChI=1S/C74H119N11O26S3/c1-2-21-110-45-56(87)14-9-22-102-26-30-106-31-27-103-23-10-16-62(89)59-48-112-51-68(95)82-58(15-6-7-17-77-66(93)46-111-47-67(94)79-20-25-105-29-33-108-35-37-109-36-34-107-32-28-104-24-19-78-65(92)44-86)73(101)85-61-50-114-113-49-60(64(91)41-54(71(99)83-59)38-52-11-4-3-5-12-52)84-72(100)55(42-69(96)97)39-57(88)43-81-70(98)53(40-63(61)90)13-8-18-80-74(75)76/h3-5,11-12,53-55,58-61,86H,2,6-10,13-51H2,1H3,(H,77,93)(H,78,92)(H,79,94)(H,81,98)(H,82,95)(H,83,99)(H,84,100)(H,85,101)(H,96,97)(H4,75,76,80)/t53-,54-,55+,58+,59+,60+,61+/m1/s1. The summed E-state index contributed by atoms with van der Waals surface area (Å²) >= 11 is 0.961. The molecule has 0 spiro atoms. The Hall–Kier alpha value is -7.32. The number of carbonyl (C=O) groups excluding carboxylic acids is 13. The number of carboxylic acids is 1. The Bertz CT molecular complexity index is 3080. The van der Waals surface area contributed by atoms with E-state index in [1.54, 1.807) is 30.3 Å². The van der Waals surface area contributed by atoms with Gasteiger partial charge < -0.3 is 112 Å². The predicted octanol–water partition coefficient (Wildman–Crippen LogP) is -1.53. The second-order valence-corrected chi connectivity index (χ2v) is 30.0. The number of carbonyl (C=O) groups is 14. The zero-order valence-electron chi connectivity index (χ0n) is 65.3. The van der Waals surface area contributed by atoms with Crippen molar-refractivity contribution >= 4 is 121 Å². The van der Waals surface area contributed by atoms with E-state index in [2.05, 4.69) is 47.5 Å². The second-order valence-electron chi connectivity index (χ2n) is 26.4. The fraction of sp³-hybridized carbons (Fsp3) is 0.716. The van der Waals surface area contributed by atoms with E-state index in [9.17, 15) is 72.2 Å². The number of ketones is 5. The Morgan fingerprint density at radius 3 is 1.61 bits per heavy atom. The van der Waals surface area contributed by atoms with Crippen molar-refractivity contribution in [2.24, 2.45) is 34.2 Å². The molecular formula is C74H119N11O26S3. The molecule has 2 heterocycles. The number of fused-ring (bicyclic) bond motifs is 5. The van der Waals surface area contributed by atoms with Crippen LogP contribution >= 0.6 is 33.3 Å². The van der Waals surface area contributed by atoms with Gasteiger partial charge in [-0.25, -0.2) is 0 Å². The summed E-state index contributed by atoms with van der Waals surface area (Å²) in [5, 5.41) is 39.9. The number of guanidine groups is 1. The molecule has 1 aromatic carbocycles. The Balaban J connectivity index is 1.77. The number of aliphatic hydroxyl groups excluding tert-OH is 1. The molecule has 2 aliphatic rings. The molecule has 2 aliphatic heterocycles. The molecule has 114 heavy (non-hydrogen) atoms. The van der Waals surface area contributed by atoms with Crippen LogP contribution in [-0.4, -0.2) is 317 Å². The van der Waals surface area contributed by atoms with Crippen LogP contribution in [0.1, 0.15) is 102 Å². The van der Waals surface area contributed by atoms with Crippen molar-refractivity contribution in [3.8, 4) is 0 Å². The largest absolute Gasteiger partial charge is 0.481 e. The zero-order valence-corrected chi connectivity index (χ0v) is 67.7. The minimum absolute atomic E-state index is 0.00201. The molecule has 2 saturated heterocycles. The van der Waals surface area contributed by atoms with Crippen LogP contribution in [0.4, 0.5) is 0 Å². The van der Waals surface area contributed by atoms with Gasteiger partial charge in [0.2, 0.25) is 47.3 Å². The minimum atomic E-state index is -1.54. The van der Waals surface area contributed by atoms with Crippen LogP contribution in [0.2, 0.25) is 0 Å². The molecule has 0 saturated carbocycles. The van der Waals surface area contributed by atoms with Gasteiger partial charge in [-0.2, -0.15) is 0 Å². The first-order valence-electron chi connectivity index (χ1n) is 38.5. The van der Waals surface area contributed by atoms with Gasteiger partial charge in [0.05, 0.1) is 135 Å². The minimum Gasteiger partial charge on any atom is -0.481 e. The zero-order chi connectivity index (χ0) is 83.2. The first kappa shape index (κ1) is 101. The third kappa shape index (κ3) is 50.9. The molecule has 40 heteroatoms. The molecule has 1 aromatic rings. The maximum absolute atomic E-state index is 14.9. The molecule has 2 fully saturated rings. The number of hydrogen-bond acceptors (Lipinski definition) is 29. The summed E-state index contributed by atoms with van der Waals surface area (Å²) < 4.78 is 54.6. The average Bonchev–Trinajstić information content (AvgIpc) is 0.986. The van der Waals surface area contributed by atoms with Crippen molar-refractivity contribution in [2.45, 2.75) is 127 Å². The highest BCUT2D eigenvalue weighted by Crippen LogP contribution is 2.27. The second kappa shape index (κ2) is 64.8. The van der Waals surface area contributed by atoms with Gasteiger partial charge in [-0.3, -0.25) is 72.1 Å². The Kier molecular flexibility index (Phi) is 57.3. The van der Waals surface area contributed by atoms with Crippen LogP contribution in [0, 0.1) is 17.8 Å². The van der Waals surface area contributed by atoms with Crippen LogP contribution in [0.5, 0.6) is 0 Å². The summed E-state index contributed by atoms with van der Waals surface area (Å²) in [5.41, 5.74) is 11.7. The van der Waals surface area contributed by atoms with Crippen molar-refractivity contribution < 1.29 is 125 Å². The predicted molar refractivity (Wildman–Crippen MR) is 422 cm³/mol. The summed E-state index contributed by atoms with van der Waals surface area (Å²) in [6.07, 6.45) is -0.201. The van der Waals surface area contributed by atoms with Gasteiger partial charge in [-0.15, -0.1) is 11.8 Å². The molecule has 2 bridgehead atoms. The molecule has 3 rings (SSSR count). The SMILES string of the molecule is CCCOCC(=O)CCCOCCOCCOCCCC(=O)[C@@H]1CSCC(=O)N[C@@H](CCCCNC(=O)COCC(=O)NCCOCCOCCOCCOCCOCCNC(=O)CO)C(=O)N[C@H]2CSSC[C@H](NC(=O)[C@H](CC(=O)O)CC(=O)CNC(=O)[C@H](CCCN=C(N)N)CC2=O)C(=O)C[C@@H](Cc2ccccc2)C(=O)N1. The summed E-state index contributed by atoms with van der Waals surface area (Å²) in [6.45, 7) is 5.51. The topological polar surface area (TPSA) is 532 Å². The van der Waals surface area contributed by atoms with E-state index in [-0.39, 0.29) is 165 Å². The third-order valence-corrected chi connectivity index (χ3v) is 20.3. The normalized spacial score (nSPS) is 19.4. The molecule has 14 N–H and O–H groups in total. The first-order valence-corrected chi connectivity index (χ1v) is 42.1. The van der Waals surface area contributed by atoms with E-state index in [1.807, 2.05) is 6.92 Å². The lowest BCUT2D eigenvalue weighted by atomic mass is 9.90. The quantitative estimate of drug-likeness (QED) is 0.0152. The van der Waals surface area contributed by atoms with Crippen molar-refractivity contribution in [1.29, 1.82) is 0 Å². The number of thioether (sulfide) groups is 1. The number of hydrogen-bond donors (Lipinski definition) is 12. The Morgan fingerprint density at radius 2 is 1.04 bits per heavy atom. The van der Waals surface area contributed by atoms with Crippen LogP contribution in [-0.2, 0) is 121 Å². The number of rotatable bonds is 55. The van der Waals surface area contributed by atoms with E-state index in [0.717, 1.165) is 39.8 Å². The van der Waals surface area contributed by atoms with Gasteiger partial charge in [0, 0.05) is 107 Å². The van der Waals surface area contributed by atoms with Crippen LogP contribution in [0.15, 0.2) is 35.3 Å². The number of amides is 8. The fourth-order valence-corrected chi connectivity index (χ4v) is 14.2. The molecule has 0 radical (unpaired) electrons. The molecule has 0 unspecified atom stereocenters. The summed E-state index contributed by atoms with van der Waals surface area (Å²) in [7, 11) is 1.99. The highest BCUT2D eigenvalue weighted by Gasteiger charge is 2.36. The molecule has 644 valence electrons. The Labute approximate surface area is 677 Å². The number of aliphatic carboxylic acids is 1. The number of benzene rings is 1. The number of carboxylic acid groups (broad SMARTS) is 1. The van der Waals surface area contributed by atoms with Crippen LogP contribution in [0.3, 0.4) is 0 Å². The molecular weight excluding hydrogens is 1560 g/mol. The van der Waals surface area contributed by atoms with E-state index in [4.69, 9.17) is 63.9 Å². The Morgan fingerprint density at radius 1 is 0.518 bits per heavy atom. The first-order chi connectivity index (χ1) is 55.1. The molecule has 0 aromatic heterocycles. The van der Waals surface area contributed by atoms with Gasteiger partial charge in [-0.1, -0.05) is 58.8 Å². The number of nitrogens with one attached hydrogen (secondary N) is 8. The lowest BCUT2D eigenvalue weighted by Crippen LogP contribution is -2.53. The molecule has 0 aliphatic carbocycles. The van der Waals surface area contributed by atoms with Crippen molar-refractivity contribution in [2.75, 3.05) is 194 Å². The monoisotopic (exact) mass is 1670 g/mol. The number of aliphatic imine (C=N–C) groups is 1. The van der Waals surface area contributed by atoms with Gasteiger partial charge in [0.1, 0.15) is 32.5 Å². The maximum Gasteiger partial charge on any atom is 0.304 e. The maximum atomic E-state index is 14.9. The number of Topliss-reactive ketones (excluding diaryl/α,β-unsaturated/α-hetero) is 5. The highest BCUT2D eigenvalue weighted by atomic mass is 33.1. The van der Waals surface area contributed by atoms with Gasteiger partial charge in [-0.05, 0) is 63.4 Å². The van der Waals surface area contributed by atoms with E-state index >= 15 is 0 Å². The smallest absolute Gasteiger partial charge is 0.304 e. The van der Waals surface area contributed by atoms with Crippen LogP contribution in [0.25, 0.3) is 0 Å². The number of nitrogens with two attached hydrogens (primary N) is 2. The fourth-order valence-electron chi connectivity index (χ4n) is 10.9. The number of nitrogens with zero attached hydrogens (tertiary/aromatic N) is 1. The number of aliphatic hydroxyl groups is 1. The van der Waals surface area contributed by atoms with Crippen molar-refractivity contribution in [3.05, 3.63) is 35.9 Å². The number of unbranched alkanes of at least 4 members (excludes halogenated alkanes) is 1. The lowest BCUT2D eigenvalue weighted by molar-refractivity contribution is -0.142. The summed E-state index contributed by atoms with van der Waals surface area (Å²) in [6, 6.07) is 3.26. The third-order valence-electron chi connectivity index (χ3n) is 16.8. The van der Waals surface area contributed by atoms with Crippen molar-refractivity contribution in [1.82, 2.24) is 42.5 Å². The van der Waals surface area contributed by atoms with E-state index < -0.39 is 170 Å². The van der Waals surface area contributed by atoms with Crippen LogP contribution < -0.4 is 54.0 Å². The summed E-state index contributed by atoms with van der Waals surface area (Å²) in [5.74, 6) is -14.6. The molecule has 7 atom stereocenters. The van der Waals surface area contributed by atoms with E-state index in [1.165, 1.54) is 0 Å². The molecule has 8 amide bonds. The van der Waals surface area contributed by atoms with Gasteiger partial charge >= 0.3 is 5.97 Å². The van der Waals surface area contributed by atoms with Gasteiger partial charge in [0.15, 0.2) is 34.9 Å². The summed E-state index contributed by atoms with van der Waals surface area (Å²) in [4.78, 5) is 194. The van der Waals surface area contributed by atoms with E-state index in [0.29, 0.717) is 84.5 Å².